The number of carbonyl (C=O) groups excluding carboxylic acids is 1. The summed E-state index contributed by atoms with van der Waals surface area (Å²) in [5.41, 5.74) is 0.930. The van der Waals surface area contributed by atoms with Gasteiger partial charge in [0, 0.05) is 35.1 Å². The van der Waals surface area contributed by atoms with Crippen LogP contribution >= 0.6 is 34.9 Å². The molecule has 0 aliphatic carbocycles. The largest absolute Gasteiger partial charge is 0.302 e. The third-order valence-electron chi connectivity index (χ3n) is 5.05. The number of hydrogen-bond acceptors (Lipinski definition) is 6. The minimum absolute atomic E-state index is 0.0749. The summed E-state index contributed by atoms with van der Waals surface area (Å²) in [6.45, 7) is 7.62. The maximum Gasteiger partial charge on any atom is 0.229 e. The van der Waals surface area contributed by atoms with Crippen LogP contribution in [-0.4, -0.2) is 54.0 Å². The van der Waals surface area contributed by atoms with Crippen LogP contribution in [0, 0.1) is 5.82 Å². The second kappa shape index (κ2) is 11.9. The van der Waals surface area contributed by atoms with Crippen LogP contribution in [0.15, 0.2) is 52.3 Å². The number of hydrogen-bond donors (Lipinski definition) is 0. The molecule has 0 atom stereocenters. The summed E-state index contributed by atoms with van der Waals surface area (Å²) in [6, 6.07) is 12.6. The summed E-state index contributed by atoms with van der Waals surface area (Å²) >= 11 is 4.85. The molecule has 0 fully saturated rings. The lowest BCUT2D eigenvalue weighted by molar-refractivity contribution is -0.118. The van der Waals surface area contributed by atoms with E-state index in [0.29, 0.717) is 18.7 Å². The highest BCUT2D eigenvalue weighted by atomic mass is 32.2. The average Bonchev–Trinajstić information content (AvgIpc) is 3.20. The molecule has 0 aliphatic rings. The molecule has 1 amide bonds. The Kier molecular flexibility index (Phi) is 9.19. The van der Waals surface area contributed by atoms with E-state index in [1.807, 2.05) is 11.0 Å². The van der Waals surface area contributed by atoms with Gasteiger partial charge in [-0.2, -0.15) is 0 Å². The fourth-order valence-electron chi connectivity index (χ4n) is 3.17. The van der Waals surface area contributed by atoms with Gasteiger partial charge in [-0.25, -0.2) is 9.37 Å². The van der Waals surface area contributed by atoms with Gasteiger partial charge in [0.25, 0.3) is 0 Å². The SMILES string of the molecule is CCN(CC)CCN(C(=O)CCSc1ccc(F)cc1)c1nc2ccc(SC)cc2s1. The van der Waals surface area contributed by atoms with E-state index in [-0.39, 0.29) is 11.7 Å². The molecule has 1 aromatic heterocycles. The average molecular weight is 478 g/mol. The van der Waals surface area contributed by atoms with Gasteiger partial charge in [-0.05, 0) is 61.8 Å². The number of rotatable bonds is 11. The van der Waals surface area contributed by atoms with Gasteiger partial charge in [-0.3, -0.25) is 9.69 Å². The number of amides is 1. The molecule has 4 nitrogen and oxygen atoms in total. The second-order valence-electron chi connectivity index (χ2n) is 6.95. The molecule has 31 heavy (non-hydrogen) atoms. The number of halogens is 1. The third kappa shape index (κ3) is 6.68. The zero-order chi connectivity index (χ0) is 22.2. The fourth-order valence-corrected chi connectivity index (χ4v) is 5.57. The van der Waals surface area contributed by atoms with E-state index >= 15 is 0 Å². The zero-order valence-electron chi connectivity index (χ0n) is 18.1. The van der Waals surface area contributed by atoms with Gasteiger partial charge in [-0.1, -0.05) is 25.2 Å². The summed E-state index contributed by atoms with van der Waals surface area (Å²) in [4.78, 5) is 24.2. The highest BCUT2D eigenvalue weighted by molar-refractivity contribution is 7.99. The number of thioether (sulfide) groups is 2. The lowest BCUT2D eigenvalue weighted by Crippen LogP contribution is -2.39. The lowest BCUT2D eigenvalue weighted by Gasteiger charge is -2.24. The predicted octanol–water partition coefficient (Wildman–Crippen LogP) is 6.01. The van der Waals surface area contributed by atoms with Gasteiger partial charge < -0.3 is 4.90 Å². The number of anilines is 1. The highest BCUT2D eigenvalue weighted by Crippen LogP contribution is 2.32. The summed E-state index contributed by atoms with van der Waals surface area (Å²) in [7, 11) is 0. The molecule has 0 radical (unpaired) electrons. The van der Waals surface area contributed by atoms with Crippen molar-refractivity contribution in [3.63, 3.8) is 0 Å². The van der Waals surface area contributed by atoms with Crippen molar-refractivity contribution in [2.24, 2.45) is 0 Å². The summed E-state index contributed by atoms with van der Waals surface area (Å²) in [6.07, 6.45) is 2.47. The molecule has 0 unspecified atom stereocenters. The molecule has 8 heteroatoms. The summed E-state index contributed by atoms with van der Waals surface area (Å²) in [5, 5.41) is 0.761. The first kappa shape index (κ1) is 24.0. The molecular formula is C23H28FN3OS3. The molecule has 0 N–H and O–H groups in total. The van der Waals surface area contributed by atoms with Crippen LogP contribution < -0.4 is 4.90 Å². The predicted molar refractivity (Wildman–Crippen MR) is 133 cm³/mol. The summed E-state index contributed by atoms with van der Waals surface area (Å²) < 4.78 is 14.2. The number of nitrogens with zero attached hydrogens (tertiary/aromatic N) is 3. The number of fused-ring (bicyclic) bond motifs is 1. The summed E-state index contributed by atoms with van der Waals surface area (Å²) in [5.74, 6) is 0.475. The Bertz CT molecular complexity index is 989. The van der Waals surface area contributed by atoms with Gasteiger partial charge in [0.2, 0.25) is 5.91 Å². The fraction of sp³-hybridized carbons (Fsp3) is 0.391. The van der Waals surface area contributed by atoms with Gasteiger partial charge in [0.1, 0.15) is 5.82 Å². The van der Waals surface area contributed by atoms with E-state index in [1.54, 1.807) is 47.0 Å². The molecule has 3 rings (SSSR count). The Morgan fingerprint density at radius 2 is 1.77 bits per heavy atom. The highest BCUT2D eigenvalue weighted by Gasteiger charge is 2.20. The van der Waals surface area contributed by atoms with Crippen molar-refractivity contribution in [3.8, 4) is 0 Å². The molecule has 3 aromatic rings. The van der Waals surface area contributed by atoms with Crippen molar-refractivity contribution >= 4 is 56.1 Å². The number of benzene rings is 2. The van der Waals surface area contributed by atoms with Gasteiger partial charge in [0.15, 0.2) is 5.13 Å². The Balaban J connectivity index is 1.73. The molecule has 1 heterocycles. The van der Waals surface area contributed by atoms with Crippen molar-refractivity contribution in [3.05, 3.63) is 48.3 Å². The first-order valence-electron chi connectivity index (χ1n) is 10.4. The molecule has 0 saturated heterocycles. The van der Waals surface area contributed by atoms with E-state index < -0.39 is 0 Å². The molecule has 2 aromatic carbocycles. The number of carbonyl (C=O) groups is 1. The van der Waals surface area contributed by atoms with E-state index in [1.165, 1.54) is 17.0 Å². The van der Waals surface area contributed by atoms with Crippen LogP contribution in [0.25, 0.3) is 10.2 Å². The molecule has 0 saturated carbocycles. The topological polar surface area (TPSA) is 36.4 Å². The monoisotopic (exact) mass is 477 g/mol. The normalized spacial score (nSPS) is 11.4. The van der Waals surface area contributed by atoms with Crippen LogP contribution in [0.1, 0.15) is 20.3 Å². The molecule has 0 bridgehead atoms. The molecule has 166 valence electrons. The van der Waals surface area contributed by atoms with Crippen molar-refractivity contribution < 1.29 is 9.18 Å². The maximum absolute atomic E-state index is 13.2. The van der Waals surface area contributed by atoms with Gasteiger partial charge >= 0.3 is 0 Å². The molecular weight excluding hydrogens is 449 g/mol. The van der Waals surface area contributed by atoms with Crippen molar-refractivity contribution in [1.82, 2.24) is 9.88 Å². The minimum atomic E-state index is -0.247. The third-order valence-corrected chi connectivity index (χ3v) is 7.83. The van der Waals surface area contributed by atoms with Gasteiger partial charge in [0.05, 0.1) is 10.2 Å². The smallest absolute Gasteiger partial charge is 0.229 e. The second-order valence-corrected chi connectivity index (χ2v) is 10.0. The Morgan fingerprint density at radius 3 is 2.45 bits per heavy atom. The quantitative estimate of drug-likeness (QED) is 0.316. The van der Waals surface area contributed by atoms with Crippen molar-refractivity contribution in [1.29, 1.82) is 0 Å². The van der Waals surface area contributed by atoms with Crippen molar-refractivity contribution in [2.45, 2.75) is 30.1 Å². The van der Waals surface area contributed by atoms with Crippen LogP contribution in [0.5, 0.6) is 0 Å². The molecule has 0 aliphatic heterocycles. The van der Waals surface area contributed by atoms with Crippen LogP contribution in [0.2, 0.25) is 0 Å². The Morgan fingerprint density at radius 1 is 1.06 bits per heavy atom. The van der Waals surface area contributed by atoms with Crippen LogP contribution in [-0.2, 0) is 4.79 Å². The minimum Gasteiger partial charge on any atom is -0.302 e. The van der Waals surface area contributed by atoms with E-state index in [4.69, 9.17) is 4.98 Å². The van der Waals surface area contributed by atoms with Crippen LogP contribution in [0.3, 0.4) is 0 Å². The van der Waals surface area contributed by atoms with Crippen LogP contribution in [0.4, 0.5) is 9.52 Å². The van der Waals surface area contributed by atoms with E-state index in [2.05, 4.69) is 37.1 Å². The molecule has 0 spiro atoms. The standard InChI is InChI=1S/C23H28FN3OS3/c1-4-26(5-2)13-14-27(22(28)12-15-30-18-8-6-17(24)7-9-18)23-25-20-11-10-19(29-3)16-21(20)31-23/h6-11,16H,4-5,12-15H2,1-3H3. The Hall–Kier alpha value is -1.61. The first-order valence-corrected chi connectivity index (χ1v) is 13.4. The number of thiazole rings is 1. The Labute approximate surface area is 196 Å². The number of likely N-dealkylation sites (N-methyl/N-ethyl adjacent to an activating group) is 1. The lowest BCUT2D eigenvalue weighted by atomic mass is 10.3. The zero-order valence-corrected chi connectivity index (χ0v) is 20.6. The van der Waals surface area contributed by atoms with Gasteiger partial charge in [-0.15, -0.1) is 23.5 Å². The first-order chi connectivity index (χ1) is 15.0. The van der Waals surface area contributed by atoms with E-state index in [9.17, 15) is 9.18 Å². The van der Waals surface area contributed by atoms with E-state index in [0.717, 1.165) is 39.9 Å². The van der Waals surface area contributed by atoms with Crippen molar-refractivity contribution in [2.75, 3.05) is 43.1 Å². The maximum atomic E-state index is 13.2. The number of aromatic nitrogens is 1.